The molecule has 0 spiro atoms. The number of nitrogens with one attached hydrogen (secondary N) is 1. The Balaban J connectivity index is 1.85. The summed E-state index contributed by atoms with van der Waals surface area (Å²) in [5.74, 6) is 0.935. The summed E-state index contributed by atoms with van der Waals surface area (Å²) in [4.78, 5) is 3.31. The van der Waals surface area contributed by atoms with E-state index in [0.29, 0.717) is 13.2 Å². The molecule has 0 unspecified atom stereocenters. The van der Waals surface area contributed by atoms with Crippen molar-refractivity contribution in [1.29, 1.82) is 0 Å². The summed E-state index contributed by atoms with van der Waals surface area (Å²) in [6.07, 6.45) is 4.03. The highest BCUT2D eigenvalue weighted by atomic mass is 16.5. The molecule has 108 valence electrons. The molecule has 0 aliphatic rings. The van der Waals surface area contributed by atoms with Crippen molar-refractivity contribution in [3.63, 3.8) is 0 Å². The molecule has 3 N–H and O–H groups in total. The van der Waals surface area contributed by atoms with Gasteiger partial charge in [-0.2, -0.15) is 0 Å². The fourth-order valence-electron chi connectivity index (χ4n) is 2.56. The molecule has 2 aromatic carbocycles. The average molecular weight is 280 g/mol. The largest absolute Gasteiger partial charge is 0.488 e. The van der Waals surface area contributed by atoms with Crippen molar-refractivity contribution < 1.29 is 4.74 Å². The Morgan fingerprint density at radius 2 is 1.86 bits per heavy atom. The lowest BCUT2D eigenvalue weighted by molar-refractivity contribution is 0.310. The molecule has 3 heteroatoms. The number of H-pyrrole nitrogens is 1. The van der Waals surface area contributed by atoms with Crippen molar-refractivity contribution in [2.75, 3.05) is 6.54 Å². The van der Waals surface area contributed by atoms with Crippen molar-refractivity contribution >= 4 is 10.9 Å². The van der Waals surface area contributed by atoms with Gasteiger partial charge in [-0.15, -0.1) is 0 Å². The van der Waals surface area contributed by atoms with E-state index in [4.69, 9.17) is 10.5 Å². The van der Waals surface area contributed by atoms with E-state index in [2.05, 4.69) is 29.4 Å². The summed E-state index contributed by atoms with van der Waals surface area (Å²) >= 11 is 0. The van der Waals surface area contributed by atoms with Crippen LogP contribution in [0.2, 0.25) is 0 Å². The Labute approximate surface area is 124 Å². The molecule has 0 saturated carbocycles. The second kappa shape index (κ2) is 6.46. The molecular formula is C18H20N2O. The normalized spacial score (nSPS) is 10.9. The summed E-state index contributed by atoms with van der Waals surface area (Å²) in [5.41, 5.74) is 9.19. The van der Waals surface area contributed by atoms with Gasteiger partial charge in [-0.1, -0.05) is 36.4 Å². The van der Waals surface area contributed by atoms with Gasteiger partial charge >= 0.3 is 0 Å². The summed E-state index contributed by atoms with van der Waals surface area (Å²) in [5, 5.41) is 1.18. The minimum absolute atomic E-state index is 0.585. The van der Waals surface area contributed by atoms with Crippen molar-refractivity contribution in [3.05, 3.63) is 65.9 Å². The fraction of sp³-hybridized carbons (Fsp3) is 0.222. The Kier molecular flexibility index (Phi) is 4.22. The van der Waals surface area contributed by atoms with Crippen LogP contribution in [0.3, 0.4) is 0 Å². The first-order valence-electron chi connectivity index (χ1n) is 7.34. The van der Waals surface area contributed by atoms with Gasteiger partial charge in [0.25, 0.3) is 0 Å². The smallest absolute Gasteiger partial charge is 0.129 e. The van der Waals surface area contributed by atoms with Crippen LogP contribution in [0, 0.1) is 0 Å². The quantitative estimate of drug-likeness (QED) is 0.724. The number of fused-ring (bicyclic) bond motifs is 1. The Morgan fingerprint density at radius 1 is 1.00 bits per heavy atom. The van der Waals surface area contributed by atoms with E-state index in [9.17, 15) is 0 Å². The van der Waals surface area contributed by atoms with Gasteiger partial charge in [-0.25, -0.2) is 0 Å². The van der Waals surface area contributed by atoms with Crippen LogP contribution in [0.4, 0.5) is 0 Å². The number of benzene rings is 2. The summed E-state index contributed by atoms with van der Waals surface area (Å²) in [7, 11) is 0. The number of rotatable bonds is 6. The molecule has 0 amide bonds. The lowest BCUT2D eigenvalue weighted by Gasteiger charge is -2.09. The topological polar surface area (TPSA) is 51.0 Å². The summed E-state index contributed by atoms with van der Waals surface area (Å²) < 4.78 is 6.03. The van der Waals surface area contributed by atoms with E-state index in [0.717, 1.165) is 24.1 Å². The predicted molar refractivity (Wildman–Crippen MR) is 86.4 cm³/mol. The number of nitrogens with two attached hydrogens (primary N) is 1. The number of hydrogen-bond donors (Lipinski definition) is 2. The van der Waals surface area contributed by atoms with E-state index in [1.807, 2.05) is 30.3 Å². The van der Waals surface area contributed by atoms with Crippen molar-refractivity contribution in [2.24, 2.45) is 5.73 Å². The number of aryl methyl sites for hydroxylation is 1. The average Bonchev–Trinajstić information content (AvgIpc) is 2.96. The SMILES string of the molecule is NCCCc1c[nH]c2cccc(OCc3ccccc3)c12. The highest BCUT2D eigenvalue weighted by Crippen LogP contribution is 2.30. The van der Waals surface area contributed by atoms with Gasteiger partial charge in [0, 0.05) is 17.1 Å². The van der Waals surface area contributed by atoms with Crippen molar-refractivity contribution in [1.82, 2.24) is 4.98 Å². The van der Waals surface area contributed by atoms with E-state index < -0.39 is 0 Å². The van der Waals surface area contributed by atoms with Gasteiger partial charge in [0.05, 0.1) is 0 Å². The molecule has 0 atom stereocenters. The third-order valence-electron chi connectivity index (χ3n) is 3.64. The molecule has 0 bridgehead atoms. The molecule has 0 aliphatic carbocycles. The third-order valence-corrected chi connectivity index (χ3v) is 3.64. The first kappa shape index (κ1) is 13.7. The number of hydrogen-bond acceptors (Lipinski definition) is 2. The molecular weight excluding hydrogens is 260 g/mol. The fourth-order valence-corrected chi connectivity index (χ4v) is 2.56. The predicted octanol–water partition coefficient (Wildman–Crippen LogP) is 3.64. The van der Waals surface area contributed by atoms with Crippen LogP contribution in [-0.4, -0.2) is 11.5 Å². The van der Waals surface area contributed by atoms with Gasteiger partial charge in [0.1, 0.15) is 12.4 Å². The zero-order valence-corrected chi connectivity index (χ0v) is 12.0. The number of aromatic nitrogens is 1. The lowest BCUT2D eigenvalue weighted by atomic mass is 10.1. The molecule has 1 heterocycles. The van der Waals surface area contributed by atoms with Crippen molar-refractivity contribution in [3.8, 4) is 5.75 Å². The highest BCUT2D eigenvalue weighted by molar-refractivity contribution is 5.89. The minimum atomic E-state index is 0.585. The highest BCUT2D eigenvalue weighted by Gasteiger charge is 2.09. The van der Waals surface area contributed by atoms with Crippen LogP contribution in [0.25, 0.3) is 10.9 Å². The van der Waals surface area contributed by atoms with E-state index in [1.54, 1.807) is 0 Å². The number of aromatic amines is 1. The van der Waals surface area contributed by atoms with E-state index >= 15 is 0 Å². The zero-order valence-electron chi connectivity index (χ0n) is 12.0. The van der Waals surface area contributed by atoms with Gasteiger partial charge in [-0.05, 0) is 42.6 Å². The van der Waals surface area contributed by atoms with Crippen LogP contribution in [0.15, 0.2) is 54.7 Å². The first-order chi connectivity index (χ1) is 10.4. The first-order valence-corrected chi connectivity index (χ1v) is 7.34. The lowest BCUT2D eigenvalue weighted by Crippen LogP contribution is -2.00. The maximum atomic E-state index is 6.03. The Hall–Kier alpha value is -2.26. The Morgan fingerprint density at radius 3 is 2.67 bits per heavy atom. The monoisotopic (exact) mass is 280 g/mol. The van der Waals surface area contributed by atoms with E-state index in [1.165, 1.54) is 16.5 Å². The second-order valence-electron chi connectivity index (χ2n) is 5.16. The van der Waals surface area contributed by atoms with Crippen LogP contribution >= 0.6 is 0 Å². The Bertz CT molecular complexity index is 704. The van der Waals surface area contributed by atoms with Crippen LogP contribution in [0.5, 0.6) is 5.75 Å². The maximum Gasteiger partial charge on any atom is 0.129 e. The molecule has 21 heavy (non-hydrogen) atoms. The molecule has 3 nitrogen and oxygen atoms in total. The van der Waals surface area contributed by atoms with Gasteiger partial charge in [-0.3, -0.25) is 0 Å². The molecule has 0 aliphatic heterocycles. The van der Waals surface area contributed by atoms with Crippen LogP contribution in [-0.2, 0) is 13.0 Å². The minimum Gasteiger partial charge on any atom is -0.488 e. The van der Waals surface area contributed by atoms with Crippen LogP contribution in [0.1, 0.15) is 17.5 Å². The maximum absolute atomic E-state index is 6.03. The van der Waals surface area contributed by atoms with E-state index in [-0.39, 0.29) is 0 Å². The summed E-state index contributed by atoms with van der Waals surface area (Å²) in [6.45, 7) is 1.29. The third kappa shape index (κ3) is 3.09. The van der Waals surface area contributed by atoms with Crippen LogP contribution < -0.4 is 10.5 Å². The molecule has 1 aromatic heterocycles. The molecule has 3 rings (SSSR count). The number of ether oxygens (including phenoxy) is 1. The molecule has 0 radical (unpaired) electrons. The van der Waals surface area contributed by atoms with Crippen molar-refractivity contribution in [2.45, 2.75) is 19.4 Å². The van der Waals surface area contributed by atoms with Gasteiger partial charge in [0.15, 0.2) is 0 Å². The molecule has 0 fully saturated rings. The van der Waals surface area contributed by atoms with Gasteiger partial charge in [0.2, 0.25) is 0 Å². The second-order valence-corrected chi connectivity index (χ2v) is 5.16. The summed E-state index contributed by atoms with van der Waals surface area (Å²) in [6, 6.07) is 16.4. The van der Waals surface area contributed by atoms with Gasteiger partial charge < -0.3 is 15.5 Å². The standard InChI is InChI=1S/C18H20N2O/c19-11-5-8-15-12-20-16-9-4-10-17(18(15)16)21-13-14-6-2-1-3-7-14/h1-4,6-7,9-10,12,20H,5,8,11,13,19H2. The molecule has 0 saturated heterocycles. The zero-order chi connectivity index (χ0) is 14.5. The molecule has 3 aromatic rings.